The summed E-state index contributed by atoms with van der Waals surface area (Å²) >= 11 is 0. The first kappa shape index (κ1) is 27.6. The average Bonchev–Trinajstić information content (AvgIpc) is 3.09. The van der Waals surface area contributed by atoms with E-state index in [4.69, 9.17) is 14.6 Å². The van der Waals surface area contributed by atoms with Crippen molar-refractivity contribution in [1.82, 2.24) is 0 Å². The molecule has 0 aliphatic carbocycles. The number of rotatable bonds is 9. The normalized spacial score (nSPS) is 12.9. The summed E-state index contributed by atoms with van der Waals surface area (Å²) in [6.45, 7) is 2.02. The number of carboxylic acid groups (broad SMARTS) is 1. The van der Waals surface area contributed by atoms with Crippen LogP contribution in [0.3, 0.4) is 0 Å². The Morgan fingerprint density at radius 3 is 2.49 bits per heavy atom. The summed E-state index contributed by atoms with van der Waals surface area (Å²) in [4.78, 5) is 26.2. The van der Waals surface area contributed by atoms with Crippen LogP contribution in [0.15, 0.2) is 72.8 Å². The van der Waals surface area contributed by atoms with Crippen LogP contribution in [0.25, 0.3) is 5.57 Å². The topological polar surface area (TPSA) is 85.3 Å². The van der Waals surface area contributed by atoms with Gasteiger partial charge in [0.05, 0.1) is 6.61 Å². The lowest BCUT2D eigenvalue weighted by molar-refractivity contribution is -0.274. The van der Waals surface area contributed by atoms with Crippen molar-refractivity contribution in [3.05, 3.63) is 89.5 Å². The third-order valence-corrected chi connectivity index (χ3v) is 5.93. The first-order chi connectivity index (χ1) is 18.6. The van der Waals surface area contributed by atoms with Crippen LogP contribution in [-0.4, -0.2) is 43.1 Å². The van der Waals surface area contributed by atoms with Gasteiger partial charge < -0.3 is 24.2 Å². The number of anilines is 1. The molecule has 3 aromatic rings. The molecule has 0 radical (unpaired) electrons. The molecule has 1 amide bonds. The highest BCUT2D eigenvalue weighted by Gasteiger charge is 2.31. The standard InChI is InChI=1S/C29H26F3NO6/c1-19-5-2-7-22(17-19)33(28(36)21-10-12-23(13-11-21)39-29(30,31)32)15-14-20-6-4-16-37-27-24(20)8-3-9-25(27)38-18-26(34)35/h2-3,5-13,17H,4,14-16,18H2,1H3,(H,34,35). The predicted octanol–water partition coefficient (Wildman–Crippen LogP) is 6.26. The Hall–Kier alpha value is -4.47. The van der Waals surface area contributed by atoms with E-state index in [-0.39, 0.29) is 18.0 Å². The number of hydrogen-bond donors (Lipinski definition) is 1. The van der Waals surface area contributed by atoms with Crippen LogP contribution >= 0.6 is 0 Å². The summed E-state index contributed by atoms with van der Waals surface area (Å²) in [6, 6.07) is 17.4. The predicted molar refractivity (Wildman–Crippen MR) is 138 cm³/mol. The van der Waals surface area contributed by atoms with Crippen molar-refractivity contribution in [1.29, 1.82) is 0 Å². The molecule has 0 saturated heterocycles. The molecule has 0 saturated carbocycles. The van der Waals surface area contributed by atoms with Crippen molar-refractivity contribution >= 4 is 23.1 Å². The first-order valence-electron chi connectivity index (χ1n) is 12.1. The third-order valence-electron chi connectivity index (χ3n) is 5.93. The minimum Gasteiger partial charge on any atom is -0.489 e. The Balaban J connectivity index is 1.60. The van der Waals surface area contributed by atoms with Crippen LogP contribution in [0.4, 0.5) is 18.9 Å². The molecule has 1 aliphatic rings. The van der Waals surface area contributed by atoms with Gasteiger partial charge in [-0.2, -0.15) is 0 Å². The maximum Gasteiger partial charge on any atom is 0.573 e. The molecule has 0 bridgehead atoms. The lowest BCUT2D eigenvalue weighted by Crippen LogP contribution is -2.32. The van der Waals surface area contributed by atoms with Gasteiger partial charge in [-0.15, -0.1) is 13.2 Å². The number of aryl methyl sites for hydroxylation is 1. The van der Waals surface area contributed by atoms with Crippen molar-refractivity contribution in [2.75, 3.05) is 24.7 Å². The Morgan fingerprint density at radius 1 is 1.05 bits per heavy atom. The van der Waals surface area contributed by atoms with E-state index in [2.05, 4.69) is 4.74 Å². The lowest BCUT2D eigenvalue weighted by Gasteiger charge is -2.24. The van der Waals surface area contributed by atoms with E-state index in [1.54, 1.807) is 23.1 Å². The third kappa shape index (κ3) is 7.31. The zero-order valence-corrected chi connectivity index (χ0v) is 21.0. The maximum atomic E-state index is 13.6. The number of fused-ring (bicyclic) bond motifs is 1. The summed E-state index contributed by atoms with van der Waals surface area (Å²) < 4.78 is 52.9. The molecule has 39 heavy (non-hydrogen) atoms. The lowest BCUT2D eigenvalue weighted by atomic mass is 10.00. The monoisotopic (exact) mass is 541 g/mol. The van der Waals surface area contributed by atoms with E-state index >= 15 is 0 Å². The number of para-hydroxylation sites is 1. The fourth-order valence-electron chi connectivity index (χ4n) is 4.24. The molecule has 1 N–H and O–H groups in total. The van der Waals surface area contributed by atoms with Gasteiger partial charge in [0.25, 0.3) is 5.91 Å². The summed E-state index contributed by atoms with van der Waals surface area (Å²) in [5.74, 6) is -1.15. The number of carbonyl (C=O) groups excluding carboxylic acids is 1. The molecular formula is C29H26F3NO6. The van der Waals surface area contributed by atoms with Gasteiger partial charge in [-0.1, -0.05) is 30.3 Å². The highest BCUT2D eigenvalue weighted by atomic mass is 19.4. The first-order valence-corrected chi connectivity index (χ1v) is 12.1. The van der Waals surface area contributed by atoms with E-state index in [1.165, 1.54) is 12.1 Å². The summed E-state index contributed by atoms with van der Waals surface area (Å²) in [6.07, 6.45) is -1.80. The second-order valence-corrected chi connectivity index (χ2v) is 8.80. The summed E-state index contributed by atoms with van der Waals surface area (Å²) in [7, 11) is 0. The summed E-state index contributed by atoms with van der Waals surface area (Å²) in [5, 5.41) is 9.00. The molecule has 3 aromatic carbocycles. The molecule has 1 heterocycles. The van der Waals surface area contributed by atoms with E-state index in [0.717, 1.165) is 28.8 Å². The van der Waals surface area contributed by atoms with E-state index in [9.17, 15) is 22.8 Å². The zero-order valence-electron chi connectivity index (χ0n) is 21.0. The van der Waals surface area contributed by atoms with Crippen molar-refractivity contribution in [2.24, 2.45) is 0 Å². The number of nitrogens with zero attached hydrogens (tertiary/aromatic N) is 1. The van der Waals surface area contributed by atoms with Gasteiger partial charge in [0.2, 0.25) is 0 Å². The minimum atomic E-state index is -4.83. The quantitative estimate of drug-likeness (QED) is 0.344. The van der Waals surface area contributed by atoms with Gasteiger partial charge in [0, 0.05) is 29.8 Å². The molecular weight excluding hydrogens is 515 g/mol. The van der Waals surface area contributed by atoms with Crippen LogP contribution in [0.5, 0.6) is 17.2 Å². The molecule has 1 aliphatic heterocycles. The highest BCUT2D eigenvalue weighted by molar-refractivity contribution is 6.06. The van der Waals surface area contributed by atoms with Crippen LogP contribution in [-0.2, 0) is 4.79 Å². The van der Waals surface area contributed by atoms with Crippen LogP contribution in [0.1, 0.15) is 34.3 Å². The van der Waals surface area contributed by atoms with Crippen molar-refractivity contribution < 1.29 is 42.1 Å². The number of halogens is 3. The van der Waals surface area contributed by atoms with E-state index in [0.29, 0.717) is 36.6 Å². The molecule has 0 fully saturated rings. The van der Waals surface area contributed by atoms with Crippen molar-refractivity contribution in [3.8, 4) is 17.2 Å². The molecule has 10 heteroatoms. The molecule has 204 valence electrons. The molecule has 4 rings (SSSR count). The Kier molecular flexibility index (Phi) is 8.43. The fraction of sp³-hybridized carbons (Fsp3) is 0.241. The number of alkyl halides is 3. The Bertz CT molecular complexity index is 1370. The van der Waals surface area contributed by atoms with Crippen molar-refractivity contribution in [2.45, 2.75) is 26.1 Å². The van der Waals surface area contributed by atoms with Gasteiger partial charge in [0.1, 0.15) is 5.75 Å². The molecule has 0 aromatic heterocycles. The Labute approximate surface area is 223 Å². The number of aliphatic carboxylic acids is 1. The molecule has 0 atom stereocenters. The highest BCUT2D eigenvalue weighted by Crippen LogP contribution is 2.39. The number of benzene rings is 3. The maximum absolute atomic E-state index is 13.6. The van der Waals surface area contributed by atoms with Crippen LogP contribution in [0, 0.1) is 6.92 Å². The summed E-state index contributed by atoms with van der Waals surface area (Å²) in [5.41, 5.74) is 3.41. The van der Waals surface area contributed by atoms with Gasteiger partial charge in [-0.3, -0.25) is 4.79 Å². The van der Waals surface area contributed by atoms with E-state index < -0.39 is 24.7 Å². The number of ether oxygens (including phenoxy) is 3. The number of amides is 1. The Morgan fingerprint density at radius 2 is 1.79 bits per heavy atom. The largest absolute Gasteiger partial charge is 0.573 e. The van der Waals surface area contributed by atoms with Crippen molar-refractivity contribution in [3.63, 3.8) is 0 Å². The van der Waals surface area contributed by atoms with Gasteiger partial charge in [-0.25, -0.2) is 4.79 Å². The second-order valence-electron chi connectivity index (χ2n) is 8.80. The van der Waals surface area contributed by atoms with Gasteiger partial charge >= 0.3 is 12.3 Å². The molecule has 0 unspecified atom stereocenters. The van der Waals surface area contributed by atoms with Gasteiger partial charge in [0.15, 0.2) is 18.1 Å². The van der Waals surface area contributed by atoms with E-state index in [1.807, 2.05) is 37.3 Å². The number of carboxylic acids is 1. The molecule has 7 nitrogen and oxygen atoms in total. The number of hydrogen-bond acceptors (Lipinski definition) is 5. The molecule has 0 spiro atoms. The number of carbonyl (C=O) groups is 2. The average molecular weight is 542 g/mol. The fourth-order valence-corrected chi connectivity index (χ4v) is 4.24. The van der Waals surface area contributed by atoms with Crippen LogP contribution in [0.2, 0.25) is 0 Å². The SMILES string of the molecule is Cc1cccc(N(CCC2=CCCOc3c(OCC(=O)O)cccc32)C(=O)c2ccc(OC(F)(F)F)cc2)c1. The smallest absolute Gasteiger partial charge is 0.489 e. The van der Waals surface area contributed by atoms with Crippen LogP contribution < -0.4 is 19.1 Å². The van der Waals surface area contributed by atoms with Gasteiger partial charge in [-0.05, 0) is 66.9 Å². The zero-order chi connectivity index (χ0) is 28.0. The second kappa shape index (κ2) is 11.9. The minimum absolute atomic E-state index is 0.203.